The summed E-state index contributed by atoms with van der Waals surface area (Å²) in [7, 11) is -3.73. The number of hydrogen-bond donors (Lipinski definition) is 1. The van der Waals surface area contributed by atoms with Crippen molar-refractivity contribution in [3.63, 3.8) is 0 Å². The molecular formula is C14H14Cl2N2O2S. The van der Waals surface area contributed by atoms with E-state index in [1.54, 1.807) is 31.2 Å². The minimum absolute atomic E-state index is 0.0207. The van der Waals surface area contributed by atoms with E-state index in [4.69, 9.17) is 23.2 Å². The van der Waals surface area contributed by atoms with Gasteiger partial charge in [-0.15, -0.1) is 0 Å². The smallest absolute Gasteiger partial charge is 0.262 e. The van der Waals surface area contributed by atoms with Crippen molar-refractivity contribution in [2.75, 3.05) is 4.72 Å². The summed E-state index contributed by atoms with van der Waals surface area (Å²) in [5.74, 6) is 0. The van der Waals surface area contributed by atoms with Crippen LogP contribution in [0.25, 0.3) is 0 Å². The summed E-state index contributed by atoms with van der Waals surface area (Å²) >= 11 is 11.7. The first-order valence-corrected chi connectivity index (χ1v) is 8.37. The molecule has 2 rings (SSSR count). The monoisotopic (exact) mass is 344 g/mol. The van der Waals surface area contributed by atoms with Crippen LogP contribution in [0.3, 0.4) is 0 Å². The van der Waals surface area contributed by atoms with Gasteiger partial charge in [0.05, 0.1) is 10.6 Å². The van der Waals surface area contributed by atoms with Gasteiger partial charge in [-0.25, -0.2) is 13.4 Å². The topological polar surface area (TPSA) is 59.1 Å². The summed E-state index contributed by atoms with van der Waals surface area (Å²) in [6.07, 6.45) is 0. The lowest BCUT2D eigenvalue weighted by Crippen LogP contribution is -2.15. The average Bonchev–Trinajstić information content (AvgIpc) is 2.37. The van der Waals surface area contributed by atoms with Crippen LogP contribution in [0.4, 0.5) is 5.69 Å². The van der Waals surface area contributed by atoms with Crippen molar-refractivity contribution in [2.45, 2.75) is 25.7 Å². The molecule has 7 heteroatoms. The van der Waals surface area contributed by atoms with Crippen LogP contribution in [0.2, 0.25) is 10.3 Å². The van der Waals surface area contributed by atoms with E-state index in [1.165, 1.54) is 0 Å². The van der Waals surface area contributed by atoms with Crippen molar-refractivity contribution >= 4 is 38.9 Å². The average molecular weight is 345 g/mol. The summed E-state index contributed by atoms with van der Waals surface area (Å²) in [5, 5.41) is 0.235. The van der Waals surface area contributed by atoms with Crippen molar-refractivity contribution in [1.82, 2.24) is 4.98 Å². The fraction of sp³-hybridized carbons (Fsp3) is 0.214. The van der Waals surface area contributed by atoms with E-state index >= 15 is 0 Å². The molecule has 0 amide bonds. The lowest BCUT2D eigenvalue weighted by Gasteiger charge is -2.13. The number of aromatic nitrogens is 1. The van der Waals surface area contributed by atoms with Gasteiger partial charge in [-0.3, -0.25) is 4.72 Å². The van der Waals surface area contributed by atoms with Crippen LogP contribution in [0.1, 0.15) is 16.7 Å². The highest BCUT2D eigenvalue weighted by Crippen LogP contribution is 2.29. The molecule has 0 aliphatic rings. The highest BCUT2D eigenvalue weighted by atomic mass is 35.5. The van der Waals surface area contributed by atoms with Crippen molar-refractivity contribution in [3.05, 3.63) is 51.3 Å². The van der Waals surface area contributed by atoms with Crippen LogP contribution in [0.5, 0.6) is 0 Å². The van der Waals surface area contributed by atoms with Crippen LogP contribution in [-0.2, 0) is 10.0 Å². The molecule has 4 nitrogen and oxygen atoms in total. The Morgan fingerprint density at radius 3 is 2.24 bits per heavy atom. The van der Waals surface area contributed by atoms with Gasteiger partial charge in [0.25, 0.3) is 10.0 Å². The highest BCUT2D eigenvalue weighted by Gasteiger charge is 2.18. The molecule has 0 fully saturated rings. The zero-order valence-corrected chi connectivity index (χ0v) is 14.1. The molecule has 0 bridgehead atoms. The van der Waals surface area contributed by atoms with Crippen LogP contribution in [0.15, 0.2) is 29.2 Å². The molecule has 0 saturated carbocycles. The first-order chi connectivity index (χ1) is 9.70. The molecule has 0 atom stereocenters. The maximum Gasteiger partial charge on any atom is 0.262 e. The normalized spacial score (nSPS) is 11.5. The number of nitrogens with zero attached hydrogens (tertiary/aromatic N) is 1. The van der Waals surface area contributed by atoms with Gasteiger partial charge in [0.15, 0.2) is 5.15 Å². The maximum atomic E-state index is 12.4. The Bertz CT molecular complexity index is 782. The third-order valence-corrected chi connectivity index (χ3v) is 4.98. The fourth-order valence-corrected chi connectivity index (χ4v) is 3.65. The molecule has 1 heterocycles. The number of sulfonamides is 1. The van der Waals surface area contributed by atoms with Crippen LogP contribution in [0, 0.1) is 20.8 Å². The Kier molecular flexibility index (Phi) is 4.46. The molecule has 112 valence electrons. The Morgan fingerprint density at radius 1 is 1.00 bits per heavy atom. The van der Waals surface area contributed by atoms with Crippen molar-refractivity contribution in [1.29, 1.82) is 0 Å². The number of anilines is 1. The quantitative estimate of drug-likeness (QED) is 0.852. The second-order valence-corrected chi connectivity index (χ2v) is 7.21. The largest absolute Gasteiger partial charge is 0.276 e. The van der Waals surface area contributed by atoms with Crippen molar-refractivity contribution in [3.8, 4) is 0 Å². The van der Waals surface area contributed by atoms with Gasteiger partial charge in [-0.05, 0) is 55.7 Å². The van der Waals surface area contributed by atoms with Gasteiger partial charge >= 0.3 is 0 Å². The van der Waals surface area contributed by atoms with Gasteiger partial charge in [0.2, 0.25) is 0 Å². The SMILES string of the molecule is Cc1ccc(S(=O)(=O)Nc2c(C)cc(Cl)nc2Cl)cc1C. The predicted molar refractivity (Wildman–Crippen MR) is 85.7 cm³/mol. The van der Waals surface area contributed by atoms with E-state index in [0.717, 1.165) is 11.1 Å². The van der Waals surface area contributed by atoms with Gasteiger partial charge in [-0.2, -0.15) is 0 Å². The lowest BCUT2D eigenvalue weighted by molar-refractivity contribution is 0.601. The van der Waals surface area contributed by atoms with E-state index in [-0.39, 0.29) is 20.9 Å². The van der Waals surface area contributed by atoms with Gasteiger partial charge in [0, 0.05) is 0 Å². The molecule has 0 aliphatic heterocycles. The first-order valence-electron chi connectivity index (χ1n) is 6.13. The number of rotatable bonds is 3. The standard InChI is InChI=1S/C14H14Cl2N2O2S/c1-8-4-5-11(6-9(8)2)21(19,20)18-13-10(3)7-12(15)17-14(13)16/h4-7,18H,1-3H3. The van der Waals surface area contributed by atoms with Crippen LogP contribution >= 0.6 is 23.2 Å². The highest BCUT2D eigenvalue weighted by molar-refractivity contribution is 7.92. The van der Waals surface area contributed by atoms with E-state index in [2.05, 4.69) is 9.71 Å². The number of halogens is 2. The van der Waals surface area contributed by atoms with E-state index in [0.29, 0.717) is 5.56 Å². The summed E-state index contributed by atoms with van der Waals surface area (Å²) in [5.41, 5.74) is 2.76. The molecule has 0 unspecified atom stereocenters. The molecule has 0 aliphatic carbocycles. The minimum Gasteiger partial charge on any atom is -0.276 e. The van der Waals surface area contributed by atoms with Crippen LogP contribution in [-0.4, -0.2) is 13.4 Å². The molecule has 0 spiro atoms. The Hall–Kier alpha value is -1.30. The van der Waals surface area contributed by atoms with Gasteiger partial charge in [0.1, 0.15) is 5.15 Å². The van der Waals surface area contributed by atoms with Gasteiger partial charge in [-0.1, -0.05) is 29.3 Å². The fourth-order valence-electron chi connectivity index (χ4n) is 1.79. The maximum absolute atomic E-state index is 12.4. The first kappa shape index (κ1) is 16.1. The number of hydrogen-bond acceptors (Lipinski definition) is 3. The molecule has 0 radical (unpaired) electrons. The second-order valence-electron chi connectivity index (χ2n) is 4.78. The Morgan fingerprint density at radius 2 is 1.67 bits per heavy atom. The van der Waals surface area contributed by atoms with Crippen molar-refractivity contribution < 1.29 is 8.42 Å². The summed E-state index contributed by atoms with van der Waals surface area (Å²) in [6, 6.07) is 6.48. The van der Waals surface area contributed by atoms with Gasteiger partial charge < -0.3 is 0 Å². The zero-order chi connectivity index (χ0) is 15.8. The van der Waals surface area contributed by atoms with Crippen LogP contribution < -0.4 is 4.72 Å². The molecule has 21 heavy (non-hydrogen) atoms. The summed E-state index contributed by atoms with van der Waals surface area (Å²) < 4.78 is 27.3. The second kappa shape index (κ2) is 5.83. The Balaban J connectivity index is 2.44. The van der Waals surface area contributed by atoms with E-state index in [1.807, 2.05) is 13.8 Å². The van der Waals surface area contributed by atoms with E-state index < -0.39 is 10.0 Å². The molecule has 1 aromatic heterocycles. The molecule has 1 aromatic carbocycles. The molecular weight excluding hydrogens is 331 g/mol. The van der Waals surface area contributed by atoms with Crippen molar-refractivity contribution in [2.24, 2.45) is 0 Å². The zero-order valence-electron chi connectivity index (χ0n) is 11.7. The minimum atomic E-state index is -3.73. The molecule has 0 saturated heterocycles. The van der Waals surface area contributed by atoms with E-state index in [9.17, 15) is 8.42 Å². The molecule has 1 N–H and O–H groups in total. The third-order valence-electron chi connectivity index (χ3n) is 3.17. The third kappa shape index (κ3) is 3.48. The summed E-state index contributed by atoms with van der Waals surface area (Å²) in [6.45, 7) is 5.48. The number of pyridine rings is 1. The number of aryl methyl sites for hydroxylation is 3. The summed E-state index contributed by atoms with van der Waals surface area (Å²) in [4.78, 5) is 4.02. The number of nitrogens with one attached hydrogen (secondary N) is 1. The number of benzene rings is 1. The molecule has 2 aromatic rings. The predicted octanol–water partition coefficient (Wildman–Crippen LogP) is 4.11. The lowest BCUT2D eigenvalue weighted by atomic mass is 10.1. The Labute approximate surface area is 134 Å².